The molecule has 0 fully saturated rings. The Morgan fingerprint density at radius 3 is 2.39 bits per heavy atom. The van der Waals surface area contributed by atoms with Crippen LogP contribution in [0, 0.1) is 0 Å². The molecule has 0 unspecified atom stereocenters. The molecule has 3 aromatic rings. The molecule has 1 aromatic heterocycles. The Kier molecular flexibility index (Phi) is 7.62. The number of nitrogens with one attached hydrogen (secondary N) is 1. The van der Waals surface area contributed by atoms with Gasteiger partial charge < -0.3 is 10.2 Å². The molecule has 0 spiro atoms. The molecule has 0 saturated carbocycles. The fraction of sp³-hybridized carbons (Fsp3) is 0.280. The number of hydrogen-bond acceptors (Lipinski definition) is 5. The van der Waals surface area contributed by atoms with Crippen LogP contribution in [0.2, 0.25) is 0 Å². The van der Waals surface area contributed by atoms with Gasteiger partial charge in [0.05, 0.1) is 5.69 Å². The Morgan fingerprint density at radius 2 is 1.68 bits per heavy atom. The SMILES string of the molecule is CCC(=O)c1ccccc1NC(=O)c1cc(CCCN(C)C)nc(-c2ccccc2)n1. The summed E-state index contributed by atoms with van der Waals surface area (Å²) in [5.41, 5.74) is 2.95. The van der Waals surface area contributed by atoms with Gasteiger partial charge in [0.2, 0.25) is 0 Å². The molecule has 0 aliphatic carbocycles. The topological polar surface area (TPSA) is 75.2 Å². The molecule has 0 radical (unpaired) electrons. The second kappa shape index (κ2) is 10.6. The molecule has 0 bridgehead atoms. The van der Waals surface area contributed by atoms with Gasteiger partial charge in [0, 0.05) is 23.2 Å². The fourth-order valence-corrected chi connectivity index (χ4v) is 3.25. The van der Waals surface area contributed by atoms with Crippen molar-refractivity contribution in [3.63, 3.8) is 0 Å². The zero-order valence-electron chi connectivity index (χ0n) is 18.3. The first-order valence-corrected chi connectivity index (χ1v) is 10.5. The Hall–Kier alpha value is -3.38. The van der Waals surface area contributed by atoms with Crippen molar-refractivity contribution in [2.24, 2.45) is 0 Å². The Bertz CT molecular complexity index is 1050. The number of benzene rings is 2. The van der Waals surface area contributed by atoms with Gasteiger partial charge in [0.15, 0.2) is 11.6 Å². The molecule has 1 heterocycles. The highest BCUT2D eigenvalue weighted by Gasteiger charge is 2.16. The lowest BCUT2D eigenvalue weighted by Gasteiger charge is -2.12. The van der Waals surface area contributed by atoms with Crippen molar-refractivity contribution in [2.45, 2.75) is 26.2 Å². The maximum absolute atomic E-state index is 13.1. The third kappa shape index (κ3) is 6.06. The number of Topliss-reactive ketones (excluding diaryl/α,β-unsaturated/α-hetero) is 1. The average molecular weight is 417 g/mol. The molecule has 31 heavy (non-hydrogen) atoms. The predicted molar refractivity (Wildman–Crippen MR) is 123 cm³/mol. The molecule has 1 N–H and O–H groups in total. The minimum Gasteiger partial charge on any atom is -0.320 e. The molecule has 2 aromatic carbocycles. The highest BCUT2D eigenvalue weighted by atomic mass is 16.2. The van der Waals surface area contributed by atoms with E-state index in [0.29, 0.717) is 23.5 Å². The summed E-state index contributed by atoms with van der Waals surface area (Å²) in [7, 11) is 4.06. The van der Waals surface area contributed by atoms with Crippen LogP contribution < -0.4 is 5.32 Å². The van der Waals surface area contributed by atoms with E-state index < -0.39 is 0 Å². The summed E-state index contributed by atoms with van der Waals surface area (Å²) in [6.07, 6.45) is 2.04. The lowest BCUT2D eigenvalue weighted by molar-refractivity contribution is 0.0989. The minimum atomic E-state index is -0.357. The van der Waals surface area contributed by atoms with E-state index in [-0.39, 0.29) is 17.4 Å². The zero-order chi connectivity index (χ0) is 22.2. The normalized spacial score (nSPS) is 10.8. The van der Waals surface area contributed by atoms with Crippen molar-refractivity contribution >= 4 is 17.4 Å². The molecule has 6 nitrogen and oxygen atoms in total. The van der Waals surface area contributed by atoms with E-state index >= 15 is 0 Å². The van der Waals surface area contributed by atoms with Crippen LogP contribution in [-0.2, 0) is 6.42 Å². The molecule has 0 saturated heterocycles. The molecule has 160 valence electrons. The average Bonchev–Trinajstić information content (AvgIpc) is 2.79. The number of rotatable bonds is 9. The number of para-hydroxylation sites is 1. The Morgan fingerprint density at radius 1 is 0.968 bits per heavy atom. The van der Waals surface area contributed by atoms with Crippen LogP contribution in [0.1, 0.15) is 46.3 Å². The standard InChI is InChI=1S/C25H28N4O2/c1-4-23(30)20-14-8-9-15-21(20)28-25(31)22-17-19(13-10-16-29(2)3)26-24(27-22)18-11-6-5-7-12-18/h5-9,11-12,14-15,17H,4,10,13,16H2,1-3H3,(H,28,31). The van der Waals surface area contributed by atoms with Gasteiger partial charge in [-0.05, 0) is 51.7 Å². The van der Waals surface area contributed by atoms with E-state index in [4.69, 9.17) is 0 Å². The smallest absolute Gasteiger partial charge is 0.274 e. The van der Waals surface area contributed by atoms with Gasteiger partial charge >= 0.3 is 0 Å². The van der Waals surface area contributed by atoms with Gasteiger partial charge in [-0.25, -0.2) is 9.97 Å². The summed E-state index contributed by atoms with van der Waals surface area (Å²) in [5, 5.41) is 2.86. The van der Waals surface area contributed by atoms with Crippen molar-refractivity contribution < 1.29 is 9.59 Å². The second-order valence-electron chi connectivity index (χ2n) is 7.62. The van der Waals surface area contributed by atoms with Crippen molar-refractivity contribution in [1.29, 1.82) is 0 Å². The third-order valence-electron chi connectivity index (χ3n) is 4.88. The van der Waals surface area contributed by atoms with Crippen LogP contribution in [0.15, 0.2) is 60.7 Å². The number of carbonyl (C=O) groups is 2. The van der Waals surface area contributed by atoms with E-state index in [2.05, 4.69) is 20.2 Å². The summed E-state index contributed by atoms with van der Waals surface area (Å²) < 4.78 is 0. The Labute approximate surface area is 183 Å². The van der Waals surface area contributed by atoms with Crippen LogP contribution in [0.5, 0.6) is 0 Å². The first-order valence-electron chi connectivity index (χ1n) is 10.5. The van der Waals surface area contributed by atoms with Gasteiger partial charge in [-0.15, -0.1) is 0 Å². The second-order valence-corrected chi connectivity index (χ2v) is 7.62. The lowest BCUT2D eigenvalue weighted by Crippen LogP contribution is -2.18. The van der Waals surface area contributed by atoms with E-state index in [0.717, 1.165) is 30.6 Å². The molecule has 0 atom stereocenters. The molecule has 6 heteroatoms. The van der Waals surface area contributed by atoms with Gasteiger partial charge in [-0.1, -0.05) is 49.4 Å². The lowest BCUT2D eigenvalue weighted by atomic mass is 10.1. The van der Waals surface area contributed by atoms with Crippen molar-refractivity contribution in [1.82, 2.24) is 14.9 Å². The van der Waals surface area contributed by atoms with Crippen LogP contribution in [0.4, 0.5) is 5.69 Å². The number of ketones is 1. The summed E-state index contributed by atoms with van der Waals surface area (Å²) in [6, 6.07) is 18.4. The highest BCUT2D eigenvalue weighted by molar-refractivity contribution is 6.08. The van der Waals surface area contributed by atoms with E-state index in [1.807, 2.05) is 44.4 Å². The number of anilines is 1. The van der Waals surface area contributed by atoms with Gasteiger partial charge in [-0.3, -0.25) is 9.59 Å². The Balaban J connectivity index is 1.92. The number of nitrogens with zero attached hydrogens (tertiary/aromatic N) is 3. The predicted octanol–water partition coefficient (Wildman–Crippen LogP) is 4.48. The maximum Gasteiger partial charge on any atom is 0.274 e. The van der Waals surface area contributed by atoms with Gasteiger partial charge in [-0.2, -0.15) is 0 Å². The van der Waals surface area contributed by atoms with E-state index in [1.54, 1.807) is 37.3 Å². The largest absolute Gasteiger partial charge is 0.320 e. The molecular formula is C25H28N4O2. The quantitative estimate of drug-likeness (QED) is 0.521. The number of aryl methyl sites for hydroxylation is 1. The fourth-order valence-electron chi connectivity index (χ4n) is 3.25. The zero-order valence-corrected chi connectivity index (χ0v) is 18.3. The summed E-state index contributed by atoms with van der Waals surface area (Å²) in [5.74, 6) is 0.142. The molecule has 0 aliphatic heterocycles. The van der Waals surface area contributed by atoms with Crippen molar-refractivity contribution in [2.75, 3.05) is 26.0 Å². The summed E-state index contributed by atoms with van der Waals surface area (Å²) in [6.45, 7) is 2.73. The number of amides is 1. The summed E-state index contributed by atoms with van der Waals surface area (Å²) in [4.78, 5) is 36.6. The monoisotopic (exact) mass is 416 g/mol. The molecule has 3 rings (SSSR count). The van der Waals surface area contributed by atoms with Gasteiger partial charge in [0.25, 0.3) is 5.91 Å². The van der Waals surface area contributed by atoms with E-state index in [1.165, 1.54) is 0 Å². The molecule has 0 aliphatic rings. The van der Waals surface area contributed by atoms with Crippen molar-refractivity contribution in [3.8, 4) is 11.4 Å². The van der Waals surface area contributed by atoms with Crippen LogP contribution in [-0.4, -0.2) is 47.2 Å². The molecular weight excluding hydrogens is 388 g/mol. The number of aromatic nitrogens is 2. The van der Waals surface area contributed by atoms with Crippen LogP contribution in [0.25, 0.3) is 11.4 Å². The van der Waals surface area contributed by atoms with Crippen LogP contribution >= 0.6 is 0 Å². The maximum atomic E-state index is 13.1. The molecule has 1 amide bonds. The highest BCUT2D eigenvalue weighted by Crippen LogP contribution is 2.20. The minimum absolute atomic E-state index is 0.0204. The van der Waals surface area contributed by atoms with Crippen LogP contribution in [0.3, 0.4) is 0 Å². The third-order valence-corrected chi connectivity index (χ3v) is 4.88. The van der Waals surface area contributed by atoms with E-state index in [9.17, 15) is 9.59 Å². The number of hydrogen-bond donors (Lipinski definition) is 1. The van der Waals surface area contributed by atoms with Gasteiger partial charge in [0.1, 0.15) is 5.69 Å². The van der Waals surface area contributed by atoms with Crippen molar-refractivity contribution in [3.05, 3.63) is 77.6 Å². The first-order chi connectivity index (χ1) is 15.0. The summed E-state index contributed by atoms with van der Waals surface area (Å²) >= 11 is 0. The number of carbonyl (C=O) groups excluding carboxylic acids is 2. The first kappa shape index (κ1) is 22.3.